The smallest absolute Gasteiger partial charge is 0.0590 e. The zero-order valence-electron chi connectivity index (χ0n) is 16.4. The van der Waals surface area contributed by atoms with E-state index in [1.54, 1.807) is 0 Å². The fourth-order valence-electron chi connectivity index (χ4n) is 3.19. The van der Waals surface area contributed by atoms with E-state index < -0.39 is 0 Å². The topological polar surface area (TPSA) is 27.6 Å². The first-order valence-electron chi connectivity index (χ1n) is 9.66. The molecule has 0 saturated heterocycles. The fourth-order valence-corrected chi connectivity index (χ4v) is 3.19. The average Bonchev–Trinajstić information content (AvgIpc) is 2.78. The summed E-state index contributed by atoms with van der Waals surface area (Å²) < 4.78 is 0. The van der Waals surface area contributed by atoms with Crippen molar-refractivity contribution in [1.82, 2.24) is 0 Å². The largest absolute Gasteiger partial charge is 0.311 e. The molecule has 0 amide bonds. The molecular formula is C26H23N3. The molecule has 1 N–H and O–H groups in total. The van der Waals surface area contributed by atoms with Gasteiger partial charge in [-0.15, -0.1) is 0 Å². The summed E-state index contributed by atoms with van der Waals surface area (Å²) in [4.78, 5) is 2.24. The van der Waals surface area contributed by atoms with Crippen molar-refractivity contribution in [2.75, 3.05) is 10.3 Å². The molecule has 29 heavy (non-hydrogen) atoms. The highest BCUT2D eigenvalue weighted by Gasteiger charge is 2.11. The summed E-state index contributed by atoms with van der Waals surface area (Å²) >= 11 is 0. The van der Waals surface area contributed by atoms with Gasteiger partial charge in [-0.2, -0.15) is 5.10 Å². The van der Waals surface area contributed by atoms with Gasteiger partial charge in [-0.25, -0.2) is 0 Å². The number of nitrogens with one attached hydrogen (secondary N) is 1. The molecule has 0 heterocycles. The van der Waals surface area contributed by atoms with E-state index in [1.165, 1.54) is 5.56 Å². The molecule has 0 atom stereocenters. The highest BCUT2D eigenvalue weighted by atomic mass is 15.3. The van der Waals surface area contributed by atoms with Crippen LogP contribution in [0.2, 0.25) is 0 Å². The van der Waals surface area contributed by atoms with Gasteiger partial charge in [0.25, 0.3) is 0 Å². The molecule has 0 unspecified atom stereocenters. The Morgan fingerprint density at radius 1 is 0.621 bits per heavy atom. The molecule has 4 aromatic carbocycles. The number of nitrogens with zero attached hydrogens (tertiary/aromatic N) is 2. The molecule has 0 fully saturated rings. The van der Waals surface area contributed by atoms with Gasteiger partial charge in [0.05, 0.1) is 11.9 Å². The molecule has 4 aromatic rings. The van der Waals surface area contributed by atoms with Crippen molar-refractivity contribution in [3.05, 3.63) is 120 Å². The second kappa shape index (κ2) is 8.89. The summed E-state index contributed by atoms with van der Waals surface area (Å²) in [6, 6.07) is 37.3. The second-order valence-corrected chi connectivity index (χ2v) is 6.78. The minimum Gasteiger partial charge on any atom is -0.311 e. The molecular weight excluding hydrogens is 354 g/mol. The molecule has 0 radical (unpaired) electrons. The van der Waals surface area contributed by atoms with E-state index in [0.717, 1.165) is 28.3 Å². The van der Waals surface area contributed by atoms with Crippen LogP contribution in [0.15, 0.2) is 114 Å². The van der Waals surface area contributed by atoms with Crippen molar-refractivity contribution in [3.63, 3.8) is 0 Å². The van der Waals surface area contributed by atoms with Gasteiger partial charge in [-0.1, -0.05) is 66.7 Å². The molecule has 142 valence electrons. The molecule has 0 saturated carbocycles. The van der Waals surface area contributed by atoms with E-state index in [-0.39, 0.29) is 0 Å². The second-order valence-electron chi connectivity index (χ2n) is 6.78. The SMILES string of the molecule is Cc1ccccc1N/N=C\c1ccc(N(c2ccccc2)c2ccccc2)cc1. The quantitative estimate of drug-likeness (QED) is 0.292. The van der Waals surface area contributed by atoms with E-state index in [0.29, 0.717) is 0 Å². The van der Waals surface area contributed by atoms with Crippen LogP contribution in [0.5, 0.6) is 0 Å². The van der Waals surface area contributed by atoms with Crippen LogP contribution in [-0.4, -0.2) is 6.21 Å². The van der Waals surface area contributed by atoms with Crippen LogP contribution in [0.3, 0.4) is 0 Å². The van der Waals surface area contributed by atoms with Crippen LogP contribution in [0.1, 0.15) is 11.1 Å². The van der Waals surface area contributed by atoms with E-state index >= 15 is 0 Å². The standard InChI is InChI=1S/C26H23N3/c1-21-10-8-9-15-26(21)28-27-20-22-16-18-25(19-17-22)29(23-11-4-2-5-12-23)24-13-6-3-7-14-24/h2-20,28H,1H3/b27-20-. The lowest BCUT2D eigenvalue weighted by Gasteiger charge is -2.25. The Morgan fingerprint density at radius 3 is 1.72 bits per heavy atom. The summed E-state index contributed by atoms with van der Waals surface area (Å²) in [6.45, 7) is 2.06. The predicted molar refractivity (Wildman–Crippen MR) is 124 cm³/mol. The number of hydrogen-bond acceptors (Lipinski definition) is 3. The van der Waals surface area contributed by atoms with Gasteiger partial charge in [0, 0.05) is 17.1 Å². The first kappa shape index (κ1) is 18.5. The predicted octanol–water partition coefficient (Wildman–Crippen LogP) is 6.91. The summed E-state index contributed by atoms with van der Waals surface area (Å²) in [7, 11) is 0. The van der Waals surface area contributed by atoms with Crippen LogP contribution in [0, 0.1) is 6.92 Å². The number of para-hydroxylation sites is 3. The molecule has 3 heteroatoms. The average molecular weight is 377 g/mol. The van der Waals surface area contributed by atoms with Gasteiger partial charge >= 0.3 is 0 Å². The molecule has 4 rings (SSSR count). The molecule has 0 bridgehead atoms. The normalized spacial score (nSPS) is 10.8. The van der Waals surface area contributed by atoms with Crippen molar-refractivity contribution < 1.29 is 0 Å². The third-order valence-electron chi connectivity index (χ3n) is 4.72. The van der Waals surface area contributed by atoms with Crippen molar-refractivity contribution in [1.29, 1.82) is 0 Å². The highest BCUT2D eigenvalue weighted by Crippen LogP contribution is 2.33. The van der Waals surface area contributed by atoms with Gasteiger partial charge in [0.2, 0.25) is 0 Å². The fraction of sp³-hybridized carbons (Fsp3) is 0.0385. The third kappa shape index (κ3) is 4.53. The number of benzene rings is 4. The van der Waals surface area contributed by atoms with Gasteiger partial charge in [-0.05, 0) is 60.5 Å². The van der Waals surface area contributed by atoms with Gasteiger partial charge in [0.1, 0.15) is 0 Å². The Hall–Kier alpha value is -3.85. The number of rotatable bonds is 6. The number of hydrazone groups is 1. The minimum atomic E-state index is 1.01. The van der Waals surface area contributed by atoms with Crippen molar-refractivity contribution in [2.24, 2.45) is 5.10 Å². The maximum absolute atomic E-state index is 4.37. The molecule has 0 aliphatic heterocycles. The van der Waals surface area contributed by atoms with Gasteiger partial charge < -0.3 is 4.90 Å². The minimum absolute atomic E-state index is 1.01. The van der Waals surface area contributed by atoms with E-state index in [4.69, 9.17) is 0 Å². The molecule has 0 aromatic heterocycles. The summed E-state index contributed by atoms with van der Waals surface area (Å²) in [6.07, 6.45) is 1.84. The Balaban J connectivity index is 1.56. The summed E-state index contributed by atoms with van der Waals surface area (Å²) in [5, 5.41) is 4.37. The molecule has 0 aliphatic carbocycles. The Bertz CT molecular complexity index is 1030. The van der Waals surface area contributed by atoms with E-state index in [2.05, 4.69) is 101 Å². The Labute approximate surface area is 172 Å². The lowest BCUT2D eigenvalue weighted by molar-refractivity contribution is 1.28. The Kier molecular flexibility index (Phi) is 5.68. The summed E-state index contributed by atoms with van der Waals surface area (Å²) in [5.74, 6) is 0. The highest BCUT2D eigenvalue weighted by molar-refractivity contribution is 5.83. The van der Waals surface area contributed by atoms with Gasteiger partial charge in [-0.3, -0.25) is 5.43 Å². The summed E-state index contributed by atoms with van der Waals surface area (Å²) in [5.41, 5.74) is 9.68. The number of hydrogen-bond donors (Lipinski definition) is 1. The maximum atomic E-state index is 4.37. The van der Waals surface area contributed by atoms with Crippen molar-refractivity contribution in [2.45, 2.75) is 6.92 Å². The molecule has 0 aliphatic rings. The maximum Gasteiger partial charge on any atom is 0.0590 e. The van der Waals surface area contributed by atoms with Crippen LogP contribution in [0.25, 0.3) is 0 Å². The van der Waals surface area contributed by atoms with Gasteiger partial charge in [0.15, 0.2) is 0 Å². The Morgan fingerprint density at radius 2 is 1.14 bits per heavy atom. The zero-order chi connectivity index (χ0) is 19.9. The first-order valence-corrected chi connectivity index (χ1v) is 9.66. The number of aryl methyl sites for hydroxylation is 1. The molecule has 3 nitrogen and oxygen atoms in total. The lowest BCUT2D eigenvalue weighted by Crippen LogP contribution is -2.09. The number of anilines is 4. The third-order valence-corrected chi connectivity index (χ3v) is 4.72. The van der Waals surface area contributed by atoms with E-state index in [1.807, 2.05) is 36.5 Å². The molecule has 0 spiro atoms. The van der Waals surface area contributed by atoms with E-state index in [9.17, 15) is 0 Å². The monoisotopic (exact) mass is 377 g/mol. The lowest BCUT2D eigenvalue weighted by atomic mass is 10.1. The van der Waals surface area contributed by atoms with Crippen LogP contribution < -0.4 is 10.3 Å². The van der Waals surface area contributed by atoms with Crippen LogP contribution >= 0.6 is 0 Å². The van der Waals surface area contributed by atoms with Crippen LogP contribution in [-0.2, 0) is 0 Å². The zero-order valence-corrected chi connectivity index (χ0v) is 16.4. The first-order chi connectivity index (χ1) is 14.3. The van der Waals surface area contributed by atoms with Crippen molar-refractivity contribution >= 4 is 29.0 Å². The van der Waals surface area contributed by atoms with Crippen LogP contribution in [0.4, 0.5) is 22.7 Å². The van der Waals surface area contributed by atoms with Crippen molar-refractivity contribution in [3.8, 4) is 0 Å².